The summed E-state index contributed by atoms with van der Waals surface area (Å²) in [6.07, 6.45) is 2.23. The molecule has 112 valence electrons. The predicted octanol–water partition coefficient (Wildman–Crippen LogP) is 3.86. The van der Waals surface area contributed by atoms with E-state index in [0.29, 0.717) is 6.04 Å². The van der Waals surface area contributed by atoms with Crippen LogP contribution in [0.2, 0.25) is 0 Å². The van der Waals surface area contributed by atoms with Gasteiger partial charge in [-0.2, -0.15) is 0 Å². The Bertz CT molecular complexity index is 517. The van der Waals surface area contributed by atoms with E-state index in [1.807, 2.05) is 0 Å². The zero-order chi connectivity index (χ0) is 15.1. The highest BCUT2D eigenvalue weighted by molar-refractivity contribution is 5.45. The summed E-state index contributed by atoms with van der Waals surface area (Å²) in [6.45, 7) is 3.18. The second-order valence-electron chi connectivity index (χ2n) is 5.74. The van der Waals surface area contributed by atoms with Crippen LogP contribution in [-0.4, -0.2) is 20.1 Å². The third-order valence-corrected chi connectivity index (χ3v) is 3.87. The van der Waals surface area contributed by atoms with Gasteiger partial charge in [-0.05, 0) is 36.1 Å². The van der Waals surface area contributed by atoms with Crippen molar-refractivity contribution in [1.29, 1.82) is 0 Å². The smallest absolute Gasteiger partial charge is 0.0361 e. The molecule has 0 aliphatic carbocycles. The minimum absolute atomic E-state index is 0.529. The fraction of sp³-hybridized carbons (Fsp3) is 0.368. The average molecular weight is 282 g/mol. The zero-order valence-corrected chi connectivity index (χ0v) is 13.3. The Balaban J connectivity index is 1.88. The Morgan fingerprint density at radius 3 is 2.14 bits per heavy atom. The molecule has 0 fully saturated rings. The molecule has 21 heavy (non-hydrogen) atoms. The largest absolute Gasteiger partial charge is 0.378 e. The fourth-order valence-corrected chi connectivity index (χ4v) is 2.43. The van der Waals surface area contributed by atoms with E-state index in [1.165, 1.54) is 16.8 Å². The summed E-state index contributed by atoms with van der Waals surface area (Å²) in [5.74, 6) is 0. The molecule has 0 bridgehead atoms. The first-order valence-electron chi connectivity index (χ1n) is 7.72. The lowest BCUT2D eigenvalue weighted by molar-refractivity contribution is 0.494. The van der Waals surface area contributed by atoms with E-state index in [1.54, 1.807) is 0 Å². The molecule has 2 heteroatoms. The predicted molar refractivity (Wildman–Crippen MR) is 91.8 cm³/mol. The van der Waals surface area contributed by atoms with Crippen LogP contribution in [0.5, 0.6) is 0 Å². The Labute approximate surface area is 128 Å². The Hall–Kier alpha value is -1.80. The molecule has 2 nitrogen and oxygen atoms in total. The van der Waals surface area contributed by atoms with Crippen molar-refractivity contribution < 1.29 is 0 Å². The van der Waals surface area contributed by atoms with Gasteiger partial charge in [0.2, 0.25) is 0 Å². The number of hydrogen-bond acceptors (Lipinski definition) is 2. The minimum Gasteiger partial charge on any atom is -0.378 e. The van der Waals surface area contributed by atoms with Crippen LogP contribution in [0, 0.1) is 0 Å². The normalized spacial score (nSPS) is 12.1. The van der Waals surface area contributed by atoms with Crippen LogP contribution in [0.15, 0.2) is 54.6 Å². The number of benzene rings is 2. The van der Waals surface area contributed by atoms with Crippen LogP contribution in [0.1, 0.15) is 24.5 Å². The van der Waals surface area contributed by atoms with Crippen LogP contribution in [0.3, 0.4) is 0 Å². The summed E-state index contributed by atoms with van der Waals surface area (Å²) in [4.78, 5) is 2.13. The van der Waals surface area contributed by atoms with E-state index < -0.39 is 0 Å². The minimum atomic E-state index is 0.529. The monoisotopic (exact) mass is 282 g/mol. The van der Waals surface area contributed by atoms with Gasteiger partial charge in [0.05, 0.1) is 0 Å². The molecule has 2 aromatic carbocycles. The molecular weight excluding hydrogens is 256 g/mol. The molecule has 1 atom stereocenters. The first kappa shape index (κ1) is 15.6. The van der Waals surface area contributed by atoms with E-state index in [2.05, 4.69) is 85.8 Å². The second-order valence-corrected chi connectivity index (χ2v) is 5.74. The molecule has 0 radical (unpaired) electrons. The number of nitrogens with zero attached hydrogens (tertiary/aromatic N) is 1. The summed E-state index contributed by atoms with van der Waals surface area (Å²) >= 11 is 0. The third-order valence-electron chi connectivity index (χ3n) is 3.87. The van der Waals surface area contributed by atoms with Gasteiger partial charge >= 0.3 is 0 Å². The zero-order valence-electron chi connectivity index (χ0n) is 13.3. The third kappa shape index (κ3) is 4.91. The van der Waals surface area contributed by atoms with Crippen molar-refractivity contribution in [2.45, 2.75) is 32.4 Å². The van der Waals surface area contributed by atoms with E-state index >= 15 is 0 Å². The maximum atomic E-state index is 3.67. The topological polar surface area (TPSA) is 15.3 Å². The van der Waals surface area contributed by atoms with Gasteiger partial charge in [0.1, 0.15) is 0 Å². The van der Waals surface area contributed by atoms with Gasteiger partial charge in [-0.1, -0.05) is 49.4 Å². The van der Waals surface area contributed by atoms with Crippen molar-refractivity contribution in [3.63, 3.8) is 0 Å². The quantitative estimate of drug-likeness (QED) is 0.829. The van der Waals surface area contributed by atoms with E-state index in [9.17, 15) is 0 Å². The SMILES string of the molecule is CCC(Cc1ccccc1)NCc1ccc(N(C)C)cc1. The lowest BCUT2D eigenvalue weighted by Crippen LogP contribution is -2.30. The molecule has 2 rings (SSSR count). The van der Waals surface area contributed by atoms with Crippen molar-refractivity contribution >= 4 is 5.69 Å². The van der Waals surface area contributed by atoms with Crippen LogP contribution < -0.4 is 10.2 Å². The first-order chi connectivity index (χ1) is 10.2. The Kier molecular flexibility index (Phi) is 5.82. The number of hydrogen-bond donors (Lipinski definition) is 1. The molecule has 2 aromatic rings. The van der Waals surface area contributed by atoms with Crippen LogP contribution in [0.4, 0.5) is 5.69 Å². The molecular formula is C19H26N2. The van der Waals surface area contributed by atoms with Gasteiger partial charge in [0, 0.05) is 32.4 Å². The summed E-state index contributed by atoms with van der Waals surface area (Å²) in [5, 5.41) is 3.67. The van der Waals surface area contributed by atoms with Crippen LogP contribution in [0.25, 0.3) is 0 Å². The molecule has 1 N–H and O–H groups in total. The van der Waals surface area contributed by atoms with E-state index in [0.717, 1.165) is 19.4 Å². The van der Waals surface area contributed by atoms with Gasteiger partial charge in [0.15, 0.2) is 0 Å². The average Bonchev–Trinajstić information content (AvgIpc) is 2.52. The summed E-state index contributed by atoms with van der Waals surface area (Å²) in [6, 6.07) is 20.0. The molecule has 1 unspecified atom stereocenters. The van der Waals surface area contributed by atoms with Crippen molar-refractivity contribution in [1.82, 2.24) is 5.32 Å². The molecule has 0 saturated carbocycles. The Morgan fingerprint density at radius 2 is 1.57 bits per heavy atom. The van der Waals surface area contributed by atoms with Crippen LogP contribution >= 0.6 is 0 Å². The highest BCUT2D eigenvalue weighted by Crippen LogP contribution is 2.13. The van der Waals surface area contributed by atoms with Gasteiger partial charge in [-0.3, -0.25) is 0 Å². The second kappa shape index (κ2) is 7.84. The fourth-order valence-electron chi connectivity index (χ4n) is 2.43. The first-order valence-corrected chi connectivity index (χ1v) is 7.72. The van der Waals surface area contributed by atoms with E-state index in [4.69, 9.17) is 0 Å². The molecule has 0 amide bonds. The maximum absolute atomic E-state index is 3.67. The molecule has 0 saturated heterocycles. The number of nitrogens with one attached hydrogen (secondary N) is 1. The number of rotatable bonds is 7. The molecule has 0 spiro atoms. The van der Waals surface area contributed by atoms with Gasteiger partial charge < -0.3 is 10.2 Å². The van der Waals surface area contributed by atoms with Crippen LogP contribution in [-0.2, 0) is 13.0 Å². The van der Waals surface area contributed by atoms with Crippen molar-refractivity contribution in [3.05, 3.63) is 65.7 Å². The lowest BCUT2D eigenvalue weighted by Gasteiger charge is -2.18. The maximum Gasteiger partial charge on any atom is 0.0361 e. The number of anilines is 1. The van der Waals surface area contributed by atoms with Crippen molar-refractivity contribution in [3.8, 4) is 0 Å². The van der Waals surface area contributed by atoms with Gasteiger partial charge in [-0.25, -0.2) is 0 Å². The van der Waals surface area contributed by atoms with Gasteiger partial charge in [-0.15, -0.1) is 0 Å². The van der Waals surface area contributed by atoms with E-state index in [-0.39, 0.29) is 0 Å². The summed E-state index contributed by atoms with van der Waals surface area (Å²) < 4.78 is 0. The summed E-state index contributed by atoms with van der Waals surface area (Å²) in [7, 11) is 4.14. The molecule has 0 aliphatic rings. The van der Waals surface area contributed by atoms with Crippen molar-refractivity contribution in [2.24, 2.45) is 0 Å². The Morgan fingerprint density at radius 1 is 0.905 bits per heavy atom. The highest BCUT2D eigenvalue weighted by atomic mass is 15.1. The molecule has 0 aliphatic heterocycles. The lowest BCUT2D eigenvalue weighted by atomic mass is 10.0. The van der Waals surface area contributed by atoms with Crippen molar-refractivity contribution in [2.75, 3.05) is 19.0 Å². The van der Waals surface area contributed by atoms with Gasteiger partial charge in [0.25, 0.3) is 0 Å². The summed E-state index contributed by atoms with van der Waals surface area (Å²) in [5.41, 5.74) is 3.99. The highest BCUT2D eigenvalue weighted by Gasteiger charge is 2.06. The molecule has 0 heterocycles. The molecule has 0 aromatic heterocycles. The standard InChI is InChI=1S/C19H26N2/c1-4-18(14-16-8-6-5-7-9-16)20-15-17-10-12-19(13-11-17)21(2)3/h5-13,18,20H,4,14-15H2,1-3H3.